The van der Waals surface area contributed by atoms with E-state index in [0.29, 0.717) is 48.9 Å². The van der Waals surface area contributed by atoms with Gasteiger partial charge >= 0.3 is 6.03 Å². The molecule has 11 heteroatoms. The highest BCUT2D eigenvalue weighted by Crippen LogP contribution is 2.33. The van der Waals surface area contributed by atoms with Crippen LogP contribution in [0.4, 0.5) is 39.4 Å². The molecule has 35 heavy (non-hydrogen) atoms. The van der Waals surface area contributed by atoms with Gasteiger partial charge in [0.2, 0.25) is 5.95 Å². The number of nitrogens with one attached hydrogen (secondary N) is 3. The molecule has 4 rings (SSSR count). The van der Waals surface area contributed by atoms with Gasteiger partial charge in [-0.25, -0.2) is 4.79 Å². The molecule has 7 N–H and O–H groups in total. The molecule has 1 aromatic heterocycles. The molecule has 0 spiro atoms. The highest BCUT2D eigenvalue weighted by atomic mass is 16.5. The summed E-state index contributed by atoms with van der Waals surface area (Å²) in [6, 6.07) is 6.27. The van der Waals surface area contributed by atoms with Crippen molar-refractivity contribution in [3.05, 3.63) is 18.2 Å². The lowest BCUT2D eigenvalue weighted by atomic mass is 9.95. The van der Waals surface area contributed by atoms with Crippen LogP contribution < -0.4 is 37.1 Å². The molecule has 1 saturated heterocycles. The third-order valence-corrected chi connectivity index (χ3v) is 6.61. The number of piperazine rings is 1. The van der Waals surface area contributed by atoms with Crippen molar-refractivity contribution in [3.63, 3.8) is 0 Å². The van der Waals surface area contributed by atoms with Gasteiger partial charge in [-0.1, -0.05) is 19.3 Å². The molecule has 1 aromatic carbocycles. The Hall–Kier alpha value is -3.63. The van der Waals surface area contributed by atoms with E-state index in [-0.39, 0.29) is 11.8 Å². The summed E-state index contributed by atoms with van der Waals surface area (Å²) in [6.45, 7) is 5.40. The van der Waals surface area contributed by atoms with Crippen LogP contribution in [0.3, 0.4) is 0 Å². The molecule has 0 bridgehead atoms. The maximum Gasteiger partial charge on any atom is 0.317 e. The van der Waals surface area contributed by atoms with E-state index in [1.165, 1.54) is 19.3 Å². The lowest BCUT2D eigenvalue weighted by Gasteiger charge is -2.36. The van der Waals surface area contributed by atoms with Gasteiger partial charge in [-0.15, -0.1) is 0 Å². The zero-order chi connectivity index (χ0) is 24.8. The molecular weight excluding hydrogens is 446 g/mol. The summed E-state index contributed by atoms with van der Waals surface area (Å²) >= 11 is 0. The number of rotatable bonds is 7. The second-order valence-electron chi connectivity index (χ2n) is 8.99. The Morgan fingerprint density at radius 3 is 2.54 bits per heavy atom. The molecule has 1 aliphatic carbocycles. The minimum absolute atomic E-state index is 0.00982. The molecule has 190 valence electrons. The number of carbonyl (C=O) groups is 1. The lowest BCUT2D eigenvalue weighted by Crippen LogP contribution is -2.51. The third-order valence-electron chi connectivity index (χ3n) is 6.61. The fraction of sp³-hybridized carbons (Fsp3) is 0.542. The van der Waals surface area contributed by atoms with Gasteiger partial charge in [0.25, 0.3) is 0 Å². The van der Waals surface area contributed by atoms with E-state index in [9.17, 15) is 4.79 Å². The molecule has 2 fully saturated rings. The first-order valence-electron chi connectivity index (χ1n) is 12.4. The van der Waals surface area contributed by atoms with Gasteiger partial charge in [-0.05, 0) is 31.9 Å². The highest BCUT2D eigenvalue weighted by molar-refractivity contribution is 5.77. The summed E-state index contributed by atoms with van der Waals surface area (Å²) in [4.78, 5) is 25.1. The number of hydrogen-bond donors (Lipinski definition) is 5. The standard InChI is InChI=1S/C24H37N9O2/c1-3-27-24(34)33-13-11-32(12-14-33)17-9-10-18(19(15-17)35-2)29-23-30-21(26)20(25)22(31-23)28-16-7-5-4-6-8-16/h9-10,15-16H,3-8,11-14,25H2,1-2H3,(H,27,34)(H4,26,28,29,30,31). The van der Waals surface area contributed by atoms with Gasteiger partial charge in [0.15, 0.2) is 11.6 Å². The maximum absolute atomic E-state index is 12.1. The van der Waals surface area contributed by atoms with Crippen LogP contribution in [0, 0.1) is 0 Å². The van der Waals surface area contributed by atoms with Crippen LogP contribution in [0.5, 0.6) is 5.75 Å². The Morgan fingerprint density at radius 2 is 1.86 bits per heavy atom. The Labute approximate surface area is 206 Å². The Balaban J connectivity index is 1.46. The Bertz CT molecular complexity index is 1020. The minimum atomic E-state index is -0.00982. The topological polar surface area (TPSA) is 147 Å². The number of nitrogen functional groups attached to an aromatic ring is 2. The smallest absolute Gasteiger partial charge is 0.317 e. The molecule has 2 aliphatic rings. The third kappa shape index (κ3) is 5.90. The minimum Gasteiger partial charge on any atom is -0.494 e. The lowest BCUT2D eigenvalue weighted by molar-refractivity contribution is 0.195. The Morgan fingerprint density at radius 1 is 1.11 bits per heavy atom. The molecule has 2 amide bonds. The van der Waals surface area contributed by atoms with Crippen molar-refractivity contribution in [3.8, 4) is 5.75 Å². The van der Waals surface area contributed by atoms with Gasteiger partial charge in [0, 0.05) is 50.5 Å². The van der Waals surface area contributed by atoms with E-state index < -0.39 is 0 Å². The number of amides is 2. The van der Waals surface area contributed by atoms with Crippen molar-refractivity contribution in [2.75, 3.05) is 66.8 Å². The van der Waals surface area contributed by atoms with Gasteiger partial charge in [0.05, 0.1) is 12.8 Å². The van der Waals surface area contributed by atoms with Crippen molar-refractivity contribution in [2.24, 2.45) is 0 Å². The predicted molar refractivity (Wildman–Crippen MR) is 140 cm³/mol. The first kappa shape index (κ1) is 24.5. The number of ether oxygens (including phenoxy) is 1. The van der Waals surface area contributed by atoms with Crippen LogP contribution in [0.2, 0.25) is 0 Å². The summed E-state index contributed by atoms with van der Waals surface area (Å²) in [6.07, 6.45) is 5.87. The summed E-state index contributed by atoms with van der Waals surface area (Å²) in [5.74, 6) is 1.82. The Kier molecular flexibility index (Phi) is 7.84. The summed E-state index contributed by atoms with van der Waals surface area (Å²) in [5, 5.41) is 9.54. The molecule has 0 atom stereocenters. The molecule has 2 heterocycles. The fourth-order valence-electron chi connectivity index (χ4n) is 4.62. The van der Waals surface area contributed by atoms with Crippen molar-refractivity contribution < 1.29 is 9.53 Å². The molecular formula is C24H37N9O2. The number of hydrogen-bond acceptors (Lipinski definition) is 9. The predicted octanol–water partition coefficient (Wildman–Crippen LogP) is 2.99. The largest absolute Gasteiger partial charge is 0.494 e. The number of urea groups is 1. The van der Waals surface area contributed by atoms with Crippen molar-refractivity contribution in [1.29, 1.82) is 0 Å². The first-order chi connectivity index (χ1) is 17.0. The van der Waals surface area contributed by atoms with E-state index in [2.05, 4.69) is 30.8 Å². The number of aromatic nitrogens is 2. The van der Waals surface area contributed by atoms with Crippen LogP contribution in [0.25, 0.3) is 0 Å². The first-order valence-corrected chi connectivity index (χ1v) is 12.4. The maximum atomic E-state index is 12.1. The van der Waals surface area contributed by atoms with E-state index in [0.717, 1.165) is 37.3 Å². The number of anilines is 6. The van der Waals surface area contributed by atoms with Crippen LogP contribution in [-0.4, -0.2) is 66.8 Å². The number of carbonyl (C=O) groups excluding carboxylic acids is 1. The molecule has 1 aliphatic heterocycles. The molecule has 11 nitrogen and oxygen atoms in total. The monoisotopic (exact) mass is 483 g/mol. The van der Waals surface area contributed by atoms with Crippen LogP contribution in [-0.2, 0) is 0 Å². The molecule has 0 radical (unpaired) electrons. The zero-order valence-electron chi connectivity index (χ0n) is 20.6. The van der Waals surface area contributed by atoms with Gasteiger partial charge < -0.3 is 42.0 Å². The van der Waals surface area contributed by atoms with Crippen molar-refractivity contribution in [1.82, 2.24) is 20.2 Å². The van der Waals surface area contributed by atoms with Crippen molar-refractivity contribution in [2.45, 2.75) is 45.1 Å². The van der Waals surface area contributed by atoms with E-state index >= 15 is 0 Å². The van der Waals surface area contributed by atoms with E-state index in [4.69, 9.17) is 16.2 Å². The van der Waals surface area contributed by atoms with E-state index in [1.807, 2.05) is 30.0 Å². The molecule has 0 unspecified atom stereocenters. The highest BCUT2D eigenvalue weighted by Gasteiger charge is 2.22. The number of benzene rings is 1. The quantitative estimate of drug-likeness (QED) is 0.401. The zero-order valence-corrected chi connectivity index (χ0v) is 20.6. The second-order valence-corrected chi connectivity index (χ2v) is 8.99. The SMILES string of the molecule is CCNC(=O)N1CCN(c2ccc(Nc3nc(N)c(N)c(NC4CCCCC4)n3)c(OC)c2)CC1. The second kappa shape index (κ2) is 11.2. The molecule has 1 saturated carbocycles. The summed E-state index contributed by atoms with van der Waals surface area (Å²) in [5.41, 5.74) is 14.4. The fourth-order valence-corrected chi connectivity index (χ4v) is 4.62. The van der Waals surface area contributed by atoms with Crippen LogP contribution in [0.15, 0.2) is 18.2 Å². The van der Waals surface area contributed by atoms with E-state index in [1.54, 1.807) is 7.11 Å². The number of nitrogens with two attached hydrogens (primary N) is 2. The summed E-state index contributed by atoms with van der Waals surface area (Å²) < 4.78 is 5.66. The van der Waals surface area contributed by atoms with Gasteiger partial charge in [0.1, 0.15) is 11.4 Å². The average molecular weight is 484 g/mol. The average Bonchev–Trinajstić information content (AvgIpc) is 2.88. The van der Waals surface area contributed by atoms with Crippen LogP contribution in [0.1, 0.15) is 39.0 Å². The van der Waals surface area contributed by atoms with Gasteiger partial charge in [-0.3, -0.25) is 0 Å². The molecule has 2 aromatic rings. The number of methoxy groups -OCH3 is 1. The normalized spacial score (nSPS) is 16.6. The van der Waals surface area contributed by atoms with Crippen molar-refractivity contribution >= 4 is 40.7 Å². The number of nitrogens with zero attached hydrogens (tertiary/aromatic N) is 4. The summed E-state index contributed by atoms with van der Waals surface area (Å²) in [7, 11) is 1.63. The van der Waals surface area contributed by atoms with Gasteiger partial charge in [-0.2, -0.15) is 9.97 Å². The van der Waals surface area contributed by atoms with Crippen LogP contribution >= 0.6 is 0 Å².